The maximum absolute atomic E-state index is 13.1. The van der Waals surface area contributed by atoms with Crippen molar-refractivity contribution in [2.75, 3.05) is 18.0 Å². The lowest BCUT2D eigenvalue weighted by Crippen LogP contribution is -2.48. The topological polar surface area (TPSA) is 46.3 Å². The van der Waals surface area contributed by atoms with Crippen LogP contribution in [0.15, 0.2) is 30.3 Å². The van der Waals surface area contributed by atoms with Crippen LogP contribution in [-0.2, 0) is 4.79 Å². The standard InChI is InChI=1S/C17H26N2O/c1-2-19(15-10-6-5-7-11-15)16(20)17(14-18)12-8-3-4-9-13-17/h5-7,10-11H,2-4,8-9,12-14,18H2,1H3. The monoisotopic (exact) mass is 274 g/mol. The smallest absolute Gasteiger partial charge is 0.234 e. The third-order valence-electron chi connectivity index (χ3n) is 4.53. The van der Waals surface area contributed by atoms with Gasteiger partial charge in [0.1, 0.15) is 0 Å². The number of rotatable bonds is 4. The summed E-state index contributed by atoms with van der Waals surface area (Å²) in [6.45, 7) is 3.20. The summed E-state index contributed by atoms with van der Waals surface area (Å²) in [5.74, 6) is 0.218. The number of hydrogen-bond donors (Lipinski definition) is 1. The van der Waals surface area contributed by atoms with Crippen LogP contribution in [0.4, 0.5) is 5.69 Å². The summed E-state index contributed by atoms with van der Waals surface area (Å²) in [6, 6.07) is 9.94. The van der Waals surface area contributed by atoms with Crippen LogP contribution in [0.25, 0.3) is 0 Å². The molecule has 0 saturated heterocycles. The second-order valence-corrected chi connectivity index (χ2v) is 5.78. The lowest BCUT2D eigenvalue weighted by atomic mass is 9.79. The molecule has 1 aliphatic carbocycles. The van der Waals surface area contributed by atoms with Gasteiger partial charge >= 0.3 is 0 Å². The number of carbonyl (C=O) groups excluding carboxylic acids is 1. The Morgan fingerprint density at radius 3 is 2.25 bits per heavy atom. The van der Waals surface area contributed by atoms with E-state index >= 15 is 0 Å². The van der Waals surface area contributed by atoms with Gasteiger partial charge in [-0.1, -0.05) is 43.9 Å². The molecular formula is C17H26N2O. The van der Waals surface area contributed by atoms with Gasteiger partial charge in [0.2, 0.25) is 5.91 Å². The van der Waals surface area contributed by atoms with Crippen LogP contribution in [-0.4, -0.2) is 19.0 Å². The minimum Gasteiger partial charge on any atom is -0.329 e. The van der Waals surface area contributed by atoms with E-state index in [2.05, 4.69) is 0 Å². The lowest BCUT2D eigenvalue weighted by Gasteiger charge is -2.35. The summed E-state index contributed by atoms with van der Waals surface area (Å²) in [5.41, 5.74) is 6.67. The van der Waals surface area contributed by atoms with Gasteiger partial charge in [-0.2, -0.15) is 0 Å². The normalized spacial score (nSPS) is 18.3. The molecule has 0 unspecified atom stereocenters. The molecule has 1 amide bonds. The van der Waals surface area contributed by atoms with Gasteiger partial charge in [-0.15, -0.1) is 0 Å². The molecule has 0 spiro atoms. The number of hydrogen-bond acceptors (Lipinski definition) is 2. The Morgan fingerprint density at radius 2 is 1.75 bits per heavy atom. The number of nitrogens with two attached hydrogens (primary N) is 1. The van der Waals surface area contributed by atoms with Crippen molar-refractivity contribution < 1.29 is 4.79 Å². The Morgan fingerprint density at radius 1 is 1.15 bits per heavy atom. The zero-order valence-electron chi connectivity index (χ0n) is 12.5. The van der Waals surface area contributed by atoms with Crippen molar-refractivity contribution in [1.82, 2.24) is 0 Å². The van der Waals surface area contributed by atoms with Crippen molar-refractivity contribution in [3.63, 3.8) is 0 Å². The van der Waals surface area contributed by atoms with Gasteiger partial charge in [-0.05, 0) is 31.9 Å². The molecule has 3 heteroatoms. The van der Waals surface area contributed by atoms with E-state index in [0.717, 1.165) is 31.4 Å². The fourth-order valence-electron chi connectivity index (χ4n) is 3.25. The molecule has 2 rings (SSSR count). The maximum atomic E-state index is 13.1. The first-order valence-corrected chi connectivity index (χ1v) is 7.80. The van der Waals surface area contributed by atoms with Crippen LogP contribution in [0.1, 0.15) is 45.4 Å². The lowest BCUT2D eigenvalue weighted by molar-refractivity contribution is -0.128. The molecule has 0 atom stereocenters. The molecule has 20 heavy (non-hydrogen) atoms. The van der Waals surface area contributed by atoms with Crippen LogP contribution in [0.5, 0.6) is 0 Å². The van der Waals surface area contributed by atoms with Crippen molar-refractivity contribution in [1.29, 1.82) is 0 Å². The number of amides is 1. The summed E-state index contributed by atoms with van der Waals surface area (Å²) >= 11 is 0. The molecule has 0 aliphatic heterocycles. The average Bonchev–Trinajstić information content (AvgIpc) is 2.75. The number of anilines is 1. The Bertz CT molecular complexity index is 422. The van der Waals surface area contributed by atoms with Crippen LogP contribution in [0, 0.1) is 5.41 Å². The molecule has 0 aromatic heterocycles. The van der Waals surface area contributed by atoms with E-state index in [1.165, 1.54) is 12.8 Å². The Hall–Kier alpha value is -1.35. The van der Waals surface area contributed by atoms with Gasteiger partial charge in [0.05, 0.1) is 5.41 Å². The second kappa shape index (κ2) is 6.89. The first-order valence-electron chi connectivity index (χ1n) is 7.80. The predicted octanol–water partition coefficient (Wildman–Crippen LogP) is 3.34. The summed E-state index contributed by atoms with van der Waals surface area (Å²) in [7, 11) is 0. The van der Waals surface area contributed by atoms with E-state index in [1.54, 1.807) is 0 Å². The fraction of sp³-hybridized carbons (Fsp3) is 0.588. The third kappa shape index (κ3) is 3.04. The molecule has 0 bridgehead atoms. The first kappa shape index (κ1) is 15.0. The van der Waals surface area contributed by atoms with Gasteiger partial charge in [-0.3, -0.25) is 4.79 Å². The predicted molar refractivity (Wildman–Crippen MR) is 83.7 cm³/mol. The molecule has 110 valence electrons. The number of benzene rings is 1. The van der Waals surface area contributed by atoms with Crippen LogP contribution < -0.4 is 10.6 Å². The minimum atomic E-state index is -0.345. The van der Waals surface area contributed by atoms with E-state index in [4.69, 9.17) is 5.73 Å². The highest BCUT2D eigenvalue weighted by atomic mass is 16.2. The Balaban J connectivity index is 2.26. The zero-order valence-corrected chi connectivity index (χ0v) is 12.5. The molecule has 3 nitrogen and oxygen atoms in total. The highest BCUT2D eigenvalue weighted by molar-refractivity contribution is 5.97. The number of carbonyl (C=O) groups is 1. The van der Waals surface area contributed by atoms with E-state index < -0.39 is 0 Å². The van der Waals surface area contributed by atoms with Gasteiger partial charge in [0.15, 0.2) is 0 Å². The van der Waals surface area contributed by atoms with Crippen LogP contribution in [0.2, 0.25) is 0 Å². The van der Waals surface area contributed by atoms with Gasteiger partial charge in [-0.25, -0.2) is 0 Å². The highest BCUT2D eigenvalue weighted by Crippen LogP contribution is 2.37. The SMILES string of the molecule is CCN(C(=O)C1(CN)CCCCCC1)c1ccccc1. The highest BCUT2D eigenvalue weighted by Gasteiger charge is 2.40. The summed E-state index contributed by atoms with van der Waals surface area (Å²) in [4.78, 5) is 15.0. The van der Waals surface area contributed by atoms with E-state index in [1.807, 2.05) is 42.2 Å². The van der Waals surface area contributed by atoms with Gasteiger partial charge < -0.3 is 10.6 Å². The Labute approximate surface area is 122 Å². The second-order valence-electron chi connectivity index (χ2n) is 5.78. The van der Waals surface area contributed by atoms with Crippen molar-refractivity contribution in [2.45, 2.75) is 45.4 Å². The molecule has 1 saturated carbocycles. The summed E-state index contributed by atoms with van der Waals surface area (Å²) in [5, 5.41) is 0. The zero-order chi connectivity index (χ0) is 14.4. The molecule has 2 N–H and O–H groups in total. The maximum Gasteiger partial charge on any atom is 0.234 e. The van der Waals surface area contributed by atoms with E-state index in [9.17, 15) is 4.79 Å². The minimum absolute atomic E-state index is 0.218. The van der Waals surface area contributed by atoms with E-state index in [-0.39, 0.29) is 11.3 Å². The average molecular weight is 274 g/mol. The van der Waals surface area contributed by atoms with Gasteiger partial charge in [0.25, 0.3) is 0 Å². The molecule has 0 heterocycles. The molecule has 1 aromatic carbocycles. The summed E-state index contributed by atoms with van der Waals surface area (Å²) < 4.78 is 0. The van der Waals surface area contributed by atoms with Crippen LogP contribution >= 0.6 is 0 Å². The van der Waals surface area contributed by atoms with Crippen molar-refractivity contribution in [2.24, 2.45) is 11.1 Å². The molecule has 1 fully saturated rings. The van der Waals surface area contributed by atoms with Crippen molar-refractivity contribution in [3.8, 4) is 0 Å². The molecular weight excluding hydrogens is 248 g/mol. The molecule has 1 aromatic rings. The third-order valence-corrected chi connectivity index (χ3v) is 4.53. The summed E-state index contributed by atoms with van der Waals surface area (Å²) in [6.07, 6.45) is 6.57. The molecule has 0 radical (unpaired) electrons. The van der Waals surface area contributed by atoms with Gasteiger partial charge in [0, 0.05) is 18.8 Å². The largest absolute Gasteiger partial charge is 0.329 e. The number of nitrogens with zero attached hydrogens (tertiary/aromatic N) is 1. The quantitative estimate of drug-likeness (QED) is 0.856. The van der Waals surface area contributed by atoms with Crippen molar-refractivity contribution in [3.05, 3.63) is 30.3 Å². The fourth-order valence-corrected chi connectivity index (χ4v) is 3.25. The number of para-hydroxylation sites is 1. The molecule has 1 aliphatic rings. The van der Waals surface area contributed by atoms with Crippen LogP contribution in [0.3, 0.4) is 0 Å². The Kier molecular flexibility index (Phi) is 5.18. The van der Waals surface area contributed by atoms with Crippen molar-refractivity contribution >= 4 is 11.6 Å². The first-order chi connectivity index (χ1) is 9.73. The van der Waals surface area contributed by atoms with E-state index in [0.29, 0.717) is 13.1 Å².